The van der Waals surface area contributed by atoms with E-state index in [0.717, 1.165) is 17.8 Å². The molecule has 0 unspecified atom stereocenters. The van der Waals surface area contributed by atoms with Crippen molar-refractivity contribution < 1.29 is 22.7 Å². The molecular formula is C24H23F3N4O3. The summed E-state index contributed by atoms with van der Waals surface area (Å²) in [7, 11) is 0. The molecule has 10 heteroatoms. The van der Waals surface area contributed by atoms with Crippen LogP contribution in [0.15, 0.2) is 53.7 Å². The number of rotatable bonds is 4. The second kappa shape index (κ2) is 8.34. The third kappa shape index (κ3) is 4.08. The van der Waals surface area contributed by atoms with Gasteiger partial charge in [0.05, 0.1) is 17.6 Å². The number of aromatic nitrogens is 3. The Balaban J connectivity index is 1.29. The fourth-order valence-electron chi connectivity index (χ4n) is 4.78. The van der Waals surface area contributed by atoms with E-state index in [1.54, 1.807) is 34.1 Å². The van der Waals surface area contributed by atoms with Crippen LogP contribution in [0.25, 0.3) is 5.69 Å². The topological polar surface area (TPSA) is 69.4 Å². The third-order valence-electron chi connectivity index (χ3n) is 6.45. The second-order valence-corrected chi connectivity index (χ2v) is 8.71. The summed E-state index contributed by atoms with van der Waals surface area (Å²) in [5.41, 5.74) is 0.547. The van der Waals surface area contributed by atoms with Gasteiger partial charge in [0.2, 0.25) is 0 Å². The highest BCUT2D eigenvalue weighted by molar-refractivity contribution is 5.93. The fraction of sp³-hybridized carbons (Fsp3) is 0.375. The van der Waals surface area contributed by atoms with Gasteiger partial charge in [-0.2, -0.15) is 13.2 Å². The van der Waals surface area contributed by atoms with Crippen LogP contribution in [0.2, 0.25) is 0 Å². The molecule has 34 heavy (non-hydrogen) atoms. The Hall–Kier alpha value is -3.56. The van der Waals surface area contributed by atoms with Crippen LogP contribution in [0.1, 0.15) is 41.0 Å². The number of aryl methyl sites for hydroxylation is 1. The van der Waals surface area contributed by atoms with Crippen LogP contribution in [0.5, 0.6) is 5.75 Å². The van der Waals surface area contributed by atoms with Gasteiger partial charge in [-0.25, -0.2) is 4.98 Å². The van der Waals surface area contributed by atoms with Gasteiger partial charge in [0.15, 0.2) is 0 Å². The van der Waals surface area contributed by atoms with Crippen LogP contribution >= 0.6 is 0 Å². The monoisotopic (exact) mass is 472 g/mol. The Labute approximate surface area is 193 Å². The first-order chi connectivity index (χ1) is 16.2. The number of nitrogens with zero attached hydrogens (tertiary/aromatic N) is 4. The predicted molar refractivity (Wildman–Crippen MR) is 117 cm³/mol. The highest BCUT2D eigenvalue weighted by Crippen LogP contribution is 2.34. The first-order valence-corrected chi connectivity index (χ1v) is 11.1. The van der Waals surface area contributed by atoms with Gasteiger partial charge >= 0.3 is 6.18 Å². The SMILES string of the molecule is Cc1cn(-c2ccc3n(c2=O)CCN([C@@H]2CC[C@@H](Oc4cccc(C(F)(F)F)c4)C2)C3=O)cn1. The van der Waals surface area contributed by atoms with E-state index >= 15 is 0 Å². The number of ether oxygens (including phenoxy) is 1. The Morgan fingerprint density at radius 1 is 1.09 bits per heavy atom. The van der Waals surface area contributed by atoms with E-state index in [4.69, 9.17) is 4.74 Å². The van der Waals surface area contributed by atoms with Crippen molar-refractivity contribution in [1.29, 1.82) is 0 Å². The molecule has 1 fully saturated rings. The molecule has 1 saturated carbocycles. The summed E-state index contributed by atoms with van der Waals surface area (Å²) in [6.45, 7) is 2.59. The number of alkyl halides is 3. The van der Waals surface area contributed by atoms with Gasteiger partial charge in [0, 0.05) is 31.7 Å². The molecule has 7 nitrogen and oxygen atoms in total. The van der Waals surface area contributed by atoms with Crippen molar-refractivity contribution in [2.75, 3.05) is 6.54 Å². The molecular weight excluding hydrogens is 449 g/mol. The molecule has 1 amide bonds. The average molecular weight is 472 g/mol. The molecule has 3 aromatic rings. The number of amides is 1. The lowest BCUT2D eigenvalue weighted by atomic mass is 10.1. The minimum absolute atomic E-state index is 0.0943. The number of benzene rings is 1. The normalized spacial score (nSPS) is 20.5. The van der Waals surface area contributed by atoms with Crippen molar-refractivity contribution >= 4 is 5.91 Å². The maximum atomic E-state index is 13.2. The third-order valence-corrected chi connectivity index (χ3v) is 6.45. The summed E-state index contributed by atoms with van der Waals surface area (Å²) in [5.74, 6) is -0.0500. The number of halogens is 3. The predicted octanol–water partition coefficient (Wildman–Crippen LogP) is 3.82. The smallest absolute Gasteiger partial charge is 0.416 e. The van der Waals surface area contributed by atoms with Crippen molar-refractivity contribution in [3.8, 4) is 11.4 Å². The zero-order chi connectivity index (χ0) is 24.0. The number of carbonyl (C=O) groups is 1. The van der Waals surface area contributed by atoms with E-state index < -0.39 is 11.7 Å². The van der Waals surface area contributed by atoms with E-state index in [2.05, 4.69) is 4.98 Å². The first kappa shape index (κ1) is 22.2. The highest BCUT2D eigenvalue weighted by Gasteiger charge is 2.37. The number of hydrogen-bond acceptors (Lipinski definition) is 4. The molecule has 1 aliphatic carbocycles. The minimum atomic E-state index is -4.43. The van der Waals surface area contributed by atoms with Crippen molar-refractivity contribution in [1.82, 2.24) is 19.0 Å². The maximum absolute atomic E-state index is 13.2. The standard InChI is InChI=1S/C24H23F3N4O3/c1-15-13-29(14-28-15)20-7-8-21-23(33)30(9-10-31(21)22(20)32)17-5-6-19(12-17)34-18-4-2-3-16(11-18)24(25,26)27/h2-4,7-8,11,13-14,17,19H,5-6,9-10,12H2,1H3/t17-,19-/m1/s1. The Morgan fingerprint density at radius 2 is 1.91 bits per heavy atom. The summed E-state index contributed by atoms with van der Waals surface area (Å²) < 4.78 is 47.9. The van der Waals surface area contributed by atoms with E-state index in [1.807, 2.05) is 6.92 Å². The molecule has 0 bridgehead atoms. The van der Waals surface area contributed by atoms with Crippen LogP contribution < -0.4 is 10.3 Å². The van der Waals surface area contributed by atoms with Crippen LogP contribution in [-0.2, 0) is 12.7 Å². The molecule has 0 N–H and O–H groups in total. The Morgan fingerprint density at radius 3 is 2.65 bits per heavy atom. The second-order valence-electron chi connectivity index (χ2n) is 8.71. The summed E-state index contributed by atoms with van der Waals surface area (Å²) in [4.78, 5) is 32.1. The number of fused-ring (bicyclic) bond motifs is 1. The molecule has 0 saturated heterocycles. The zero-order valence-electron chi connectivity index (χ0n) is 18.5. The van der Waals surface area contributed by atoms with E-state index in [0.29, 0.717) is 43.7 Å². The summed E-state index contributed by atoms with van der Waals surface area (Å²) in [5, 5.41) is 0. The van der Waals surface area contributed by atoms with Crippen LogP contribution in [0.3, 0.4) is 0 Å². The lowest BCUT2D eigenvalue weighted by Crippen LogP contribution is -2.49. The molecule has 5 rings (SSSR count). The summed E-state index contributed by atoms with van der Waals surface area (Å²) in [6.07, 6.45) is 0.459. The molecule has 2 atom stereocenters. The minimum Gasteiger partial charge on any atom is -0.490 e. The molecule has 3 heterocycles. The first-order valence-electron chi connectivity index (χ1n) is 11.1. The summed E-state index contributed by atoms with van der Waals surface area (Å²) >= 11 is 0. The molecule has 0 spiro atoms. The zero-order valence-corrected chi connectivity index (χ0v) is 18.5. The molecule has 0 radical (unpaired) electrons. The fourth-order valence-corrected chi connectivity index (χ4v) is 4.78. The molecule has 2 aromatic heterocycles. The van der Waals surface area contributed by atoms with Gasteiger partial charge in [0.25, 0.3) is 11.5 Å². The van der Waals surface area contributed by atoms with E-state index in [9.17, 15) is 22.8 Å². The number of imidazole rings is 1. The number of hydrogen-bond donors (Lipinski definition) is 0. The van der Waals surface area contributed by atoms with Crippen LogP contribution in [0.4, 0.5) is 13.2 Å². The van der Waals surface area contributed by atoms with Gasteiger partial charge in [-0.05, 0) is 50.1 Å². The number of pyridine rings is 1. The molecule has 1 aromatic carbocycles. The quantitative estimate of drug-likeness (QED) is 0.579. The lowest BCUT2D eigenvalue weighted by molar-refractivity contribution is -0.137. The van der Waals surface area contributed by atoms with Gasteiger partial charge in [0.1, 0.15) is 23.2 Å². The van der Waals surface area contributed by atoms with Gasteiger partial charge in [-0.3, -0.25) is 9.59 Å². The Kier molecular flexibility index (Phi) is 5.45. The van der Waals surface area contributed by atoms with Gasteiger partial charge in [-0.15, -0.1) is 0 Å². The lowest BCUT2D eigenvalue weighted by Gasteiger charge is -2.34. The summed E-state index contributed by atoms with van der Waals surface area (Å²) in [6, 6.07) is 8.04. The molecule has 2 aliphatic rings. The number of carbonyl (C=O) groups excluding carboxylic acids is 1. The van der Waals surface area contributed by atoms with Crippen molar-refractivity contribution in [2.45, 2.75) is 51.1 Å². The molecule has 1 aliphatic heterocycles. The largest absolute Gasteiger partial charge is 0.490 e. The van der Waals surface area contributed by atoms with E-state index in [1.165, 1.54) is 16.7 Å². The highest BCUT2D eigenvalue weighted by atomic mass is 19.4. The average Bonchev–Trinajstić information content (AvgIpc) is 3.43. The van der Waals surface area contributed by atoms with E-state index in [-0.39, 0.29) is 29.4 Å². The van der Waals surface area contributed by atoms with Crippen molar-refractivity contribution in [3.05, 3.63) is 76.2 Å². The maximum Gasteiger partial charge on any atom is 0.416 e. The van der Waals surface area contributed by atoms with Crippen LogP contribution in [0, 0.1) is 6.92 Å². The van der Waals surface area contributed by atoms with Crippen molar-refractivity contribution in [2.24, 2.45) is 0 Å². The Bertz CT molecular complexity index is 1300. The van der Waals surface area contributed by atoms with Gasteiger partial charge < -0.3 is 18.8 Å². The van der Waals surface area contributed by atoms with Crippen LogP contribution in [-0.4, -0.2) is 43.6 Å². The van der Waals surface area contributed by atoms with Crippen molar-refractivity contribution in [3.63, 3.8) is 0 Å². The molecule has 178 valence electrons. The van der Waals surface area contributed by atoms with Gasteiger partial charge in [-0.1, -0.05) is 6.07 Å².